The molecular formula is C10H11N2S-. The predicted octanol–water partition coefficient (Wildman–Crippen LogP) is 2.15. The summed E-state index contributed by atoms with van der Waals surface area (Å²) in [7, 11) is 0. The van der Waals surface area contributed by atoms with E-state index in [9.17, 15) is 0 Å². The van der Waals surface area contributed by atoms with Crippen LogP contribution in [0.5, 0.6) is 0 Å². The van der Waals surface area contributed by atoms with Crippen molar-refractivity contribution in [1.29, 1.82) is 0 Å². The lowest BCUT2D eigenvalue weighted by molar-refractivity contribution is 0.701. The summed E-state index contributed by atoms with van der Waals surface area (Å²) in [6, 6.07) is 8.37. The van der Waals surface area contributed by atoms with Gasteiger partial charge in [0.1, 0.15) is 0 Å². The maximum absolute atomic E-state index is 4.02. The second-order valence-corrected chi connectivity index (χ2v) is 3.84. The molecule has 2 rings (SSSR count). The van der Waals surface area contributed by atoms with E-state index in [1.807, 2.05) is 11.7 Å². The Balaban J connectivity index is 1.76. The number of nitrogens with one attached hydrogen (secondary N) is 1. The number of nitrogens with zero attached hydrogens (tertiary/aromatic N) is 1. The Labute approximate surface area is 81.6 Å². The van der Waals surface area contributed by atoms with Crippen LogP contribution in [-0.4, -0.2) is 4.98 Å². The maximum atomic E-state index is 4.02. The molecule has 1 heterocycles. The molecule has 0 saturated carbocycles. The summed E-state index contributed by atoms with van der Waals surface area (Å²) >= 11 is 1.69. The lowest BCUT2D eigenvalue weighted by atomic mass is 10.3. The molecule has 0 amide bonds. The minimum absolute atomic E-state index is 0.913. The summed E-state index contributed by atoms with van der Waals surface area (Å²) in [6.07, 6.45) is 1.91. The Morgan fingerprint density at radius 2 is 2.46 bits per heavy atom. The van der Waals surface area contributed by atoms with E-state index in [0.717, 1.165) is 13.1 Å². The zero-order valence-corrected chi connectivity index (χ0v) is 8.05. The summed E-state index contributed by atoms with van der Waals surface area (Å²) in [6.45, 7) is 1.85. The van der Waals surface area contributed by atoms with Crippen molar-refractivity contribution in [2.24, 2.45) is 0 Å². The predicted molar refractivity (Wildman–Crippen MR) is 54.7 cm³/mol. The van der Waals surface area contributed by atoms with Crippen molar-refractivity contribution < 1.29 is 0 Å². The monoisotopic (exact) mass is 191 g/mol. The molecule has 0 bridgehead atoms. The number of rotatable bonds is 4. The van der Waals surface area contributed by atoms with Crippen molar-refractivity contribution in [3.05, 3.63) is 46.4 Å². The van der Waals surface area contributed by atoms with Gasteiger partial charge in [0.25, 0.3) is 0 Å². The highest BCUT2D eigenvalue weighted by atomic mass is 32.1. The molecule has 13 heavy (non-hydrogen) atoms. The lowest BCUT2D eigenvalue weighted by Gasteiger charge is -2.04. The van der Waals surface area contributed by atoms with Crippen LogP contribution >= 0.6 is 11.3 Å². The molecule has 0 spiro atoms. The third-order valence-corrected chi connectivity index (χ3v) is 2.62. The van der Waals surface area contributed by atoms with Gasteiger partial charge in [-0.1, -0.05) is 0 Å². The summed E-state index contributed by atoms with van der Waals surface area (Å²) in [5, 5.41) is 3.36. The van der Waals surface area contributed by atoms with E-state index in [-0.39, 0.29) is 0 Å². The first-order valence-electron chi connectivity index (χ1n) is 4.24. The van der Waals surface area contributed by atoms with Crippen LogP contribution in [0.2, 0.25) is 0 Å². The van der Waals surface area contributed by atoms with Crippen molar-refractivity contribution in [3.8, 4) is 0 Å². The second kappa shape index (κ2) is 4.25. The number of hydrogen-bond donors (Lipinski definition) is 1. The van der Waals surface area contributed by atoms with Gasteiger partial charge in [0, 0.05) is 17.6 Å². The molecule has 0 unspecified atom stereocenters. The normalized spacial score (nSPS) is 10.5. The van der Waals surface area contributed by atoms with Crippen LogP contribution in [0.3, 0.4) is 0 Å². The van der Waals surface area contributed by atoms with E-state index in [1.165, 1.54) is 10.4 Å². The first-order chi connectivity index (χ1) is 6.45. The molecule has 0 atom stereocenters. The number of hydrogen-bond acceptors (Lipinski definition) is 3. The van der Waals surface area contributed by atoms with Gasteiger partial charge in [-0.25, -0.2) is 6.07 Å². The molecule has 0 fully saturated rings. The van der Waals surface area contributed by atoms with Gasteiger partial charge in [-0.15, -0.1) is 11.3 Å². The number of aromatic nitrogens is 1. The van der Waals surface area contributed by atoms with Crippen LogP contribution in [0.1, 0.15) is 10.4 Å². The van der Waals surface area contributed by atoms with E-state index >= 15 is 0 Å². The Morgan fingerprint density at radius 1 is 1.46 bits per heavy atom. The molecule has 1 aromatic heterocycles. The van der Waals surface area contributed by atoms with Crippen LogP contribution in [0, 0.1) is 0 Å². The quantitative estimate of drug-likeness (QED) is 0.749. The van der Waals surface area contributed by atoms with Gasteiger partial charge in [-0.2, -0.15) is 23.8 Å². The molecule has 2 nitrogen and oxygen atoms in total. The molecule has 3 heteroatoms. The van der Waals surface area contributed by atoms with Crippen molar-refractivity contribution in [3.63, 3.8) is 0 Å². The van der Waals surface area contributed by atoms with E-state index in [1.54, 1.807) is 11.3 Å². The van der Waals surface area contributed by atoms with Crippen molar-refractivity contribution >= 4 is 11.3 Å². The Kier molecular flexibility index (Phi) is 2.79. The average Bonchev–Trinajstić information content (AvgIpc) is 2.75. The fourth-order valence-corrected chi connectivity index (χ4v) is 1.76. The lowest BCUT2D eigenvalue weighted by Crippen LogP contribution is -2.10. The summed E-state index contributed by atoms with van der Waals surface area (Å²) in [4.78, 5) is 5.30. The zero-order valence-electron chi connectivity index (χ0n) is 7.23. The van der Waals surface area contributed by atoms with Crippen LogP contribution in [0.4, 0.5) is 0 Å². The first kappa shape index (κ1) is 8.53. The van der Waals surface area contributed by atoms with Gasteiger partial charge in [0.05, 0.1) is 5.51 Å². The molecule has 0 aliphatic rings. The first-order valence-corrected chi connectivity index (χ1v) is 5.12. The van der Waals surface area contributed by atoms with E-state index in [4.69, 9.17) is 0 Å². The smallest absolute Gasteiger partial charge is 0.0794 e. The zero-order chi connectivity index (χ0) is 8.93. The van der Waals surface area contributed by atoms with Gasteiger partial charge >= 0.3 is 0 Å². The SMILES string of the molecule is c1cc(CNCc2cncs2)c[cH-]1. The molecule has 1 aromatic carbocycles. The fourth-order valence-electron chi connectivity index (χ4n) is 1.19. The third-order valence-electron chi connectivity index (χ3n) is 1.84. The molecule has 0 radical (unpaired) electrons. The second-order valence-electron chi connectivity index (χ2n) is 2.86. The molecule has 68 valence electrons. The van der Waals surface area contributed by atoms with Crippen LogP contribution in [-0.2, 0) is 13.1 Å². The number of thiazole rings is 1. The molecule has 0 aliphatic carbocycles. The Hall–Kier alpha value is -1.06. The molecular weight excluding hydrogens is 180 g/mol. The van der Waals surface area contributed by atoms with Crippen LogP contribution < -0.4 is 5.32 Å². The van der Waals surface area contributed by atoms with Crippen molar-refractivity contribution in [2.45, 2.75) is 13.1 Å². The third kappa shape index (κ3) is 2.44. The minimum atomic E-state index is 0.913. The average molecular weight is 191 g/mol. The molecule has 0 saturated heterocycles. The maximum Gasteiger partial charge on any atom is 0.0794 e. The van der Waals surface area contributed by atoms with E-state index in [0.29, 0.717) is 0 Å². The summed E-state index contributed by atoms with van der Waals surface area (Å²) in [5.74, 6) is 0. The summed E-state index contributed by atoms with van der Waals surface area (Å²) < 4.78 is 0. The molecule has 2 aromatic rings. The highest BCUT2D eigenvalue weighted by Gasteiger charge is 1.91. The Morgan fingerprint density at radius 3 is 3.15 bits per heavy atom. The van der Waals surface area contributed by atoms with Gasteiger partial charge in [-0.3, -0.25) is 4.98 Å². The highest BCUT2D eigenvalue weighted by molar-refractivity contribution is 7.09. The standard InChI is InChI=1S/C10H11N2S/c1-2-4-9(3-1)5-11-6-10-7-12-8-13-10/h1-4,7-8,11H,5-6H2/q-1. The van der Waals surface area contributed by atoms with Gasteiger partial charge < -0.3 is 5.32 Å². The topological polar surface area (TPSA) is 24.9 Å². The van der Waals surface area contributed by atoms with Crippen molar-refractivity contribution in [2.75, 3.05) is 0 Å². The van der Waals surface area contributed by atoms with Gasteiger partial charge in [0.15, 0.2) is 0 Å². The van der Waals surface area contributed by atoms with Crippen LogP contribution in [0.25, 0.3) is 0 Å². The largest absolute Gasteiger partial charge is 0.320 e. The van der Waals surface area contributed by atoms with E-state index < -0.39 is 0 Å². The molecule has 0 aliphatic heterocycles. The fraction of sp³-hybridized carbons (Fsp3) is 0.200. The van der Waals surface area contributed by atoms with Gasteiger partial charge in [-0.05, 0) is 6.54 Å². The summed E-state index contributed by atoms with van der Waals surface area (Å²) in [5.41, 5.74) is 3.20. The van der Waals surface area contributed by atoms with Crippen LogP contribution in [0.15, 0.2) is 36.0 Å². The van der Waals surface area contributed by atoms with E-state index in [2.05, 4.69) is 34.6 Å². The van der Waals surface area contributed by atoms with Gasteiger partial charge in [0.2, 0.25) is 0 Å². The highest BCUT2D eigenvalue weighted by Crippen LogP contribution is 2.05. The molecule has 1 N–H and O–H groups in total. The van der Waals surface area contributed by atoms with Crippen molar-refractivity contribution in [1.82, 2.24) is 10.3 Å². The Bertz CT molecular complexity index is 289. The minimum Gasteiger partial charge on any atom is -0.320 e.